The highest BCUT2D eigenvalue weighted by molar-refractivity contribution is 7.99. The summed E-state index contributed by atoms with van der Waals surface area (Å²) in [7, 11) is 0. The van der Waals surface area contributed by atoms with E-state index in [9.17, 15) is 4.79 Å². The van der Waals surface area contributed by atoms with Crippen LogP contribution < -0.4 is 5.32 Å². The first-order valence-corrected chi connectivity index (χ1v) is 12.0. The molecule has 2 aromatic rings. The second-order valence-corrected chi connectivity index (χ2v) is 9.45. The van der Waals surface area contributed by atoms with Crippen molar-refractivity contribution in [3.05, 3.63) is 41.5 Å². The monoisotopic (exact) mass is 434 g/mol. The Morgan fingerprint density at radius 3 is 2.90 bits per heavy atom. The molecule has 0 radical (unpaired) electrons. The number of benzene rings is 1. The Labute approximate surface area is 179 Å². The van der Waals surface area contributed by atoms with E-state index in [0.29, 0.717) is 29.6 Å². The Kier molecular flexibility index (Phi) is 6.79. The van der Waals surface area contributed by atoms with Crippen LogP contribution in [0.4, 0.5) is 0 Å². The van der Waals surface area contributed by atoms with Crippen LogP contribution in [-0.4, -0.2) is 70.8 Å². The fourth-order valence-electron chi connectivity index (χ4n) is 3.79. The molecule has 2 aliphatic rings. The van der Waals surface area contributed by atoms with E-state index >= 15 is 0 Å². The minimum atomic E-state index is -0.0284. The first kappa shape index (κ1) is 20.7. The molecule has 156 valence electrons. The van der Waals surface area contributed by atoms with Crippen molar-refractivity contribution in [2.75, 3.05) is 44.4 Å². The summed E-state index contributed by atoms with van der Waals surface area (Å²) in [5.41, 5.74) is 0.726. The predicted octanol–water partition coefficient (Wildman–Crippen LogP) is 2.61. The highest BCUT2D eigenvalue weighted by atomic mass is 32.2. The maximum atomic E-state index is 13.0. The number of aryl methyl sites for hydroxylation is 1. The number of carbonyl (C=O) groups is 1. The molecule has 0 saturated carbocycles. The number of ether oxygens (including phenoxy) is 1. The maximum Gasteiger partial charge on any atom is 0.252 e. The summed E-state index contributed by atoms with van der Waals surface area (Å²) in [4.78, 5) is 20.7. The summed E-state index contributed by atoms with van der Waals surface area (Å²) in [5.74, 6) is 3.90. The molecule has 1 N–H and O–H groups in total. The summed E-state index contributed by atoms with van der Waals surface area (Å²) >= 11 is 3.51. The van der Waals surface area contributed by atoms with Gasteiger partial charge in [0.1, 0.15) is 0 Å². The van der Waals surface area contributed by atoms with Gasteiger partial charge < -0.3 is 14.6 Å². The van der Waals surface area contributed by atoms with Gasteiger partial charge in [-0.1, -0.05) is 17.3 Å². The van der Waals surface area contributed by atoms with E-state index in [2.05, 4.69) is 20.4 Å². The van der Waals surface area contributed by atoms with E-state index in [4.69, 9.17) is 9.26 Å². The van der Waals surface area contributed by atoms with Crippen molar-refractivity contribution in [2.45, 2.75) is 29.5 Å². The lowest BCUT2D eigenvalue weighted by molar-refractivity contribution is -0.0129. The second-order valence-electron chi connectivity index (χ2n) is 7.33. The van der Waals surface area contributed by atoms with Crippen LogP contribution in [0.15, 0.2) is 33.7 Å². The Morgan fingerprint density at radius 2 is 2.17 bits per heavy atom. The topological polar surface area (TPSA) is 80.5 Å². The van der Waals surface area contributed by atoms with Crippen molar-refractivity contribution in [3.63, 3.8) is 0 Å². The van der Waals surface area contributed by atoms with E-state index in [1.165, 1.54) is 11.8 Å². The van der Waals surface area contributed by atoms with Crippen molar-refractivity contribution in [1.82, 2.24) is 20.4 Å². The molecule has 1 amide bonds. The van der Waals surface area contributed by atoms with Gasteiger partial charge in [-0.3, -0.25) is 9.69 Å². The Balaban J connectivity index is 1.41. The molecular weight excluding hydrogens is 408 g/mol. The number of nitrogens with one attached hydrogen (secondary N) is 1. The molecule has 2 aliphatic heterocycles. The van der Waals surface area contributed by atoms with E-state index < -0.39 is 0 Å². The molecule has 9 heteroatoms. The van der Waals surface area contributed by atoms with Gasteiger partial charge in [0, 0.05) is 35.8 Å². The molecule has 0 aliphatic carbocycles. The van der Waals surface area contributed by atoms with E-state index in [-0.39, 0.29) is 11.4 Å². The lowest BCUT2D eigenvalue weighted by Crippen LogP contribution is -2.59. The van der Waals surface area contributed by atoms with Crippen LogP contribution in [0.3, 0.4) is 0 Å². The summed E-state index contributed by atoms with van der Waals surface area (Å²) in [6.07, 6.45) is 1.10. The van der Waals surface area contributed by atoms with Crippen molar-refractivity contribution < 1.29 is 14.1 Å². The smallest absolute Gasteiger partial charge is 0.252 e. The van der Waals surface area contributed by atoms with Gasteiger partial charge in [-0.25, -0.2) is 0 Å². The van der Waals surface area contributed by atoms with E-state index in [0.717, 1.165) is 49.1 Å². The number of thioether (sulfide) groups is 2. The number of hydrogen-bond acceptors (Lipinski definition) is 8. The average molecular weight is 435 g/mol. The molecule has 1 unspecified atom stereocenters. The standard InChI is InChI=1S/C20H26N4O3S2/c1-15-22-18(27-23-15)12-29-17-5-3-2-4-16(17)19(25)21-13-20(6-11-28-14-20)24-7-9-26-10-8-24/h2-5H,6-14H2,1H3,(H,21,25). The molecular formula is C20H26N4O3S2. The van der Waals surface area contributed by atoms with Crippen LogP contribution in [0.5, 0.6) is 0 Å². The molecule has 3 heterocycles. The molecule has 0 spiro atoms. The first-order valence-electron chi connectivity index (χ1n) is 9.86. The lowest BCUT2D eigenvalue weighted by Gasteiger charge is -2.43. The quantitative estimate of drug-likeness (QED) is 0.666. The van der Waals surface area contributed by atoms with Crippen LogP contribution in [-0.2, 0) is 10.5 Å². The normalized spacial score (nSPS) is 22.7. The summed E-state index contributed by atoms with van der Waals surface area (Å²) in [5, 5.41) is 7.04. The Morgan fingerprint density at radius 1 is 1.34 bits per heavy atom. The molecule has 4 rings (SSSR count). The van der Waals surface area contributed by atoms with Crippen LogP contribution in [0.25, 0.3) is 0 Å². The van der Waals surface area contributed by atoms with Crippen LogP contribution in [0.1, 0.15) is 28.5 Å². The minimum Gasteiger partial charge on any atom is -0.379 e. The van der Waals surface area contributed by atoms with E-state index in [1.807, 2.05) is 36.0 Å². The highest BCUT2D eigenvalue weighted by Gasteiger charge is 2.41. The largest absolute Gasteiger partial charge is 0.379 e. The Bertz CT molecular complexity index is 833. The highest BCUT2D eigenvalue weighted by Crippen LogP contribution is 2.34. The van der Waals surface area contributed by atoms with Crippen molar-refractivity contribution >= 4 is 29.4 Å². The van der Waals surface area contributed by atoms with Gasteiger partial charge in [0.25, 0.3) is 5.91 Å². The predicted molar refractivity (Wildman–Crippen MR) is 114 cm³/mol. The molecule has 0 bridgehead atoms. The van der Waals surface area contributed by atoms with Gasteiger partial charge in [-0.15, -0.1) is 11.8 Å². The molecule has 1 aromatic heterocycles. The van der Waals surface area contributed by atoms with Crippen LogP contribution >= 0.6 is 23.5 Å². The fraction of sp³-hybridized carbons (Fsp3) is 0.550. The van der Waals surface area contributed by atoms with Crippen molar-refractivity contribution in [3.8, 4) is 0 Å². The van der Waals surface area contributed by atoms with Crippen LogP contribution in [0, 0.1) is 6.92 Å². The van der Waals surface area contributed by atoms with Crippen LogP contribution in [0.2, 0.25) is 0 Å². The van der Waals surface area contributed by atoms with Crippen molar-refractivity contribution in [1.29, 1.82) is 0 Å². The molecule has 7 nitrogen and oxygen atoms in total. The average Bonchev–Trinajstić information content (AvgIpc) is 3.41. The fourth-order valence-corrected chi connectivity index (χ4v) is 6.16. The SMILES string of the molecule is Cc1noc(CSc2ccccc2C(=O)NCC2(N3CCOCC3)CCSC2)n1. The zero-order chi connectivity index (χ0) is 20.1. The minimum absolute atomic E-state index is 0.0284. The number of hydrogen-bond donors (Lipinski definition) is 1. The lowest BCUT2D eigenvalue weighted by atomic mass is 9.95. The molecule has 29 heavy (non-hydrogen) atoms. The third-order valence-corrected chi connectivity index (χ3v) is 7.69. The molecule has 1 aromatic carbocycles. The number of rotatable bonds is 7. The number of morpholine rings is 1. The third kappa shape index (κ3) is 4.96. The third-order valence-electron chi connectivity index (χ3n) is 5.39. The number of amides is 1. The maximum absolute atomic E-state index is 13.0. The van der Waals surface area contributed by atoms with E-state index in [1.54, 1.807) is 6.92 Å². The summed E-state index contributed by atoms with van der Waals surface area (Å²) < 4.78 is 10.7. The van der Waals surface area contributed by atoms with Gasteiger partial charge in [-0.2, -0.15) is 16.7 Å². The number of nitrogens with zero attached hydrogens (tertiary/aromatic N) is 3. The molecule has 2 saturated heterocycles. The molecule has 2 fully saturated rings. The summed E-state index contributed by atoms with van der Waals surface area (Å²) in [6, 6.07) is 7.69. The van der Waals surface area contributed by atoms with Gasteiger partial charge in [0.2, 0.25) is 5.89 Å². The zero-order valence-corrected chi connectivity index (χ0v) is 18.2. The van der Waals surface area contributed by atoms with Crippen molar-refractivity contribution in [2.24, 2.45) is 0 Å². The van der Waals surface area contributed by atoms with Gasteiger partial charge in [0.05, 0.1) is 24.5 Å². The van der Waals surface area contributed by atoms with Gasteiger partial charge >= 0.3 is 0 Å². The number of aromatic nitrogens is 2. The first-order chi connectivity index (χ1) is 14.2. The number of carbonyl (C=O) groups excluding carboxylic acids is 1. The summed E-state index contributed by atoms with van der Waals surface area (Å²) in [6.45, 7) is 5.88. The van der Waals surface area contributed by atoms with Gasteiger partial charge in [-0.05, 0) is 31.2 Å². The zero-order valence-electron chi connectivity index (χ0n) is 16.6. The van der Waals surface area contributed by atoms with Gasteiger partial charge in [0.15, 0.2) is 5.82 Å². The molecule has 1 atom stereocenters. The Hall–Kier alpha value is -1.55. The second kappa shape index (κ2) is 9.51.